The minimum Gasteiger partial charge on any atom is -0.495 e. The van der Waals surface area contributed by atoms with Gasteiger partial charge in [0.05, 0.1) is 12.8 Å². The number of methoxy groups -OCH3 is 1. The summed E-state index contributed by atoms with van der Waals surface area (Å²) in [7, 11) is 1.57. The summed E-state index contributed by atoms with van der Waals surface area (Å²) in [6.45, 7) is 8.03. The van der Waals surface area contributed by atoms with Crippen LogP contribution in [-0.4, -0.2) is 37.0 Å². The third kappa shape index (κ3) is 4.74. The number of nitrogen functional groups attached to an aromatic ring is 1. The summed E-state index contributed by atoms with van der Waals surface area (Å²) < 4.78 is 5.21. The van der Waals surface area contributed by atoms with Crippen LogP contribution in [0.1, 0.15) is 27.2 Å². The van der Waals surface area contributed by atoms with Crippen LogP contribution >= 0.6 is 0 Å². The summed E-state index contributed by atoms with van der Waals surface area (Å²) in [6, 6.07) is 5.63. The van der Waals surface area contributed by atoms with Crippen molar-refractivity contribution in [2.24, 2.45) is 0 Å². The number of hydrogen-bond donors (Lipinski definition) is 2. The first-order valence-corrected chi connectivity index (χ1v) is 6.95. The molecule has 20 heavy (non-hydrogen) atoms. The van der Waals surface area contributed by atoms with E-state index in [1.165, 1.54) is 0 Å². The van der Waals surface area contributed by atoms with Crippen LogP contribution in [-0.2, 0) is 4.79 Å². The molecule has 0 aliphatic carbocycles. The van der Waals surface area contributed by atoms with E-state index in [9.17, 15) is 4.79 Å². The van der Waals surface area contributed by atoms with E-state index in [4.69, 9.17) is 10.5 Å². The van der Waals surface area contributed by atoms with Gasteiger partial charge in [-0.3, -0.25) is 4.79 Å². The van der Waals surface area contributed by atoms with E-state index >= 15 is 0 Å². The number of nitrogens with zero attached hydrogens (tertiary/aromatic N) is 1. The molecule has 0 aliphatic heterocycles. The molecule has 1 amide bonds. The van der Waals surface area contributed by atoms with Crippen molar-refractivity contribution in [2.45, 2.75) is 33.2 Å². The molecule has 0 radical (unpaired) electrons. The standard InChI is InChI=1S/C15H25N3O2/c1-5-18(11(2)3)9-8-15(19)17-13-10-12(16)6-7-14(13)20-4/h6-7,10-11H,5,8-9,16H2,1-4H3,(H,17,19). The molecule has 112 valence electrons. The molecule has 0 bridgehead atoms. The molecule has 0 unspecified atom stereocenters. The Morgan fingerprint density at radius 2 is 2.15 bits per heavy atom. The Morgan fingerprint density at radius 3 is 2.70 bits per heavy atom. The molecule has 1 aromatic carbocycles. The fraction of sp³-hybridized carbons (Fsp3) is 0.533. The molecule has 0 spiro atoms. The molecule has 0 heterocycles. The first-order valence-electron chi connectivity index (χ1n) is 6.95. The normalized spacial score (nSPS) is 10.9. The molecular weight excluding hydrogens is 254 g/mol. The van der Waals surface area contributed by atoms with Crippen molar-refractivity contribution < 1.29 is 9.53 Å². The summed E-state index contributed by atoms with van der Waals surface area (Å²) in [5.74, 6) is 0.580. The summed E-state index contributed by atoms with van der Waals surface area (Å²) >= 11 is 0. The van der Waals surface area contributed by atoms with E-state index < -0.39 is 0 Å². The molecule has 5 nitrogen and oxygen atoms in total. The van der Waals surface area contributed by atoms with Gasteiger partial charge in [-0.05, 0) is 38.6 Å². The Morgan fingerprint density at radius 1 is 1.45 bits per heavy atom. The molecule has 5 heteroatoms. The van der Waals surface area contributed by atoms with Gasteiger partial charge >= 0.3 is 0 Å². The number of anilines is 2. The number of benzene rings is 1. The third-order valence-corrected chi connectivity index (χ3v) is 3.26. The molecule has 0 atom stereocenters. The second-order valence-electron chi connectivity index (χ2n) is 4.98. The van der Waals surface area contributed by atoms with Gasteiger partial charge < -0.3 is 20.7 Å². The molecule has 0 saturated carbocycles. The highest BCUT2D eigenvalue weighted by atomic mass is 16.5. The highest BCUT2D eigenvalue weighted by molar-refractivity contribution is 5.93. The zero-order chi connectivity index (χ0) is 15.1. The Bertz CT molecular complexity index is 447. The van der Waals surface area contributed by atoms with Gasteiger partial charge in [-0.2, -0.15) is 0 Å². The monoisotopic (exact) mass is 279 g/mol. The highest BCUT2D eigenvalue weighted by Gasteiger charge is 2.11. The van der Waals surface area contributed by atoms with Gasteiger partial charge in [-0.15, -0.1) is 0 Å². The maximum absolute atomic E-state index is 12.0. The number of carbonyl (C=O) groups is 1. The second kappa shape index (κ2) is 7.75. The quantitative estimate of drug-likeness (QED) is 0.752. The maximum atomic E-state index is 12.0. The van der Waals surface area contributed by atoms with Gasteiger partial charge in [0.2, 0.25) is 5.91 Å². The topological polar surface area (TPSA) is 67.6 Å². The predicted octanol–water partition coefficient (Wildman–Crippen LogP) is 2.34. The fourth-order valence-corrected chi connectivity index (χ4v) is 2.06. The van der Waals surface area contributed by atoms with Crippen LogP contribution in [0.3, 0.4) is 0 Å². The van der Waals surface area contributed by atoms with E-state index in [0.29, 0.717) is 29.6 Å². The lowest BCUT2D eigenvalue weighted by molar-refractivity contribution is -0.116. The third-order valence-electron chi connectivity index (χ3n) is 3.26. The fourth-order valence-electron chi connectivity index (χ4n) is 2.06. The summed E-state index contributed by atoms with van der Waals surface area (Å²) in [4.78, 5) is 14.2. The van der Waals surface area contributed by atoms with E-state index in [0.717, 1.165) is 13.1 Å². The SMILES string of the molecule is CCN(CCC(=O)Nc1cc(N)ccc1OC)C(C)C. The summed E-state index contributed by atoms with van der Waals surface area (Å²) in [5, 5.41) is 2.85. The second-order valence-corrected chi connectivity index (χ2v) is 4.98. The molecule has 0 fully saturated rings. The van der Waals surface area contributed by atoms with Crippen LogP contribution in [0.5, 0.6) is 5.75 Å². The van der Waals surface area contributed by atoms with Crippen molar-refractivity contribution in [3.05, 3.63) is 18.2 Å². The number of ether oxygens (including phenoxy) is 1. The van der Waals surface area contributed by atoms with E-state index in [-0.39, 0.29) is 5.91 Å². The van der Waals surface area contributed by atoms with Gasteiger partial charge in [-0.1, -0.05) is 6.92 Å². The van der Waals surface area contributed by atoms with Crippen LogP contribution < -0.4 is 15.8 Å². The highest BCUT2D eigenvalue weighted by Crippen LogP contribution is 2.26. The minimum absolute atomic E-state index is 0.0343. The Balaban J connectivity index is 2.60. The average molecular weight is 279 g/mol. The number of nitrogens with one attached hydrogen (secondary N) is 1. The van der Waals surface area contributed by atoms with Gasteiger partial charge in [0.15, 0.2) is 0 Å². The smallest absolute Gasteiger partial charge is 0.225 e. The molecule has 0 aromatic heterocycles. The van der Waals surface area contributed by atoms with Crippen LogP contribution in [0.4, 0.5) is 11.4 Å². The number of hydrogen-bond acceptors (Lipinski definition) is 4. The number of rotatable bonds is 7. The van der Waals surface area contributed by atoms with Crippen molar-refractivity contribution in [3.8, 4) is 5.75 Å². The van der Waals surface area contributed by atoms with E-state index in [1.54, 1.807) is 25.3 Å². The van der Waals surface area contributed by atoms with Gasteiger partial charge in [-0.25, -0.2) is 0 Å². The van der Waals surface area contributed by atoms with Crippen LogP contribution in [0.15, 0.2) is 18.2 Å². The number of carbonyl (C=O) groups excluding carboxylic acids is 1. The number of nitrogens with two attached hydrogens (primary N) is 1. The summed E-state index contributed by atoms with van der Waals surface area (Å²) in [6.07, 6.45) is 0.448. The van der Waals surface area contributed by atoms with Crippen molar-refractivity contribution in [3.63, 3.8) is 0 Å². The van der Waals surface area contributed by atoms with Gasteiger partial charge in [0.25, 0.3) is 0 Å². The molecular formula is C15H25N3O2. The largest absolute Gasteiger partial charge is 0.495 e. The van der Waals surface area contributed by atoms with Crippen molar-refractivity contribution in [1.82, 2.24) is 4.90 Å². The Hall–Kier alpha value is -1.75. The maximum Gasteiger partial charge on any atom is 0.225 e. The molecule has 0 aliphatic rings. The van der Waals surface area contributed by atoms with E-state index in [1.807, 2.05) is 0 Å². The lowest BCUT2D eigenvalue weighted by atomic mass is 10.2. The van der Waals surface area contributed by atoms with Crippen LogP contribution in [0.25, 0.3) is 0 Å². The van der Waals surface area contributed by atoms with E-state index in [2.05, 4.69) is 31.0 Å². The van der Waals surface area contributed by atoms with Crippen molar-refractivity contribution in [2.75, 3.05) is 31.2 Å². The Labute approximate surface area is 121 Å². The number of amides is 1. The summed E-state index contributed by atoms with van der Waals surface area (Å²) in [5.41, 5.74) is 6.94. The predicted molar refractivity (Wildman–Crippen MR) is 83.0 cm³/mol. The zero-order valence-electron chi connectivity index (χ0n) is 12.8. The lowest BCUT2D eigenvalue weighted by Crippen LogP contribution is -2.33. The van der Waals surface area contributed by atoms with Crippen LogP contribution in [0, 0.1) is 0 Å². The molecule has 1 aromatic rings. The first kappa shape index (κ1) is 16.3. The molecule has 1 rings (SSSR count). The van der Waals surface area contributed by atoms with Crippen molar-refractivity contribution >= 4 is 17.3 Å². The molecule has 3 N–H and O–H groups in total. The van der Waals surface area contributed by atoms with Crippen LogP contribution in [0.2, 0.25) is 0 Å². The van der Waals surface area contributed by atoms with Gasteiger partial charge in [0, 0.05) is 24.7 Å². The first-order chi connectivity index (χ1) is 9.47. The zero-order valence-corrected chi connectivity index (χ0v) is 12.8. The Kier molecular flexibility index (Phi) is 6.31. The average Bonchev–Trinajstić information content (AvgIpc) is 2.39. The van der Waals surface area contributed by atoms with Crippen molar-refractivity contribution in [1.29, 1.82) is 0 Å². The lowest BCUT2D eigenvalue weighted by Gasteiger charge is -2.24. The minimum atomic E-state index is -0.0343. The van der Waals surface area contributed by atoms with Gasteiger partial charge in [0.1, 0.15) is 5.75 Å². The molecule has 0 saturated heterocycles.